The highest BCUT2D eigenvalue weighted by molar-refractivity contribution is 5.80. The predicted octanol–water partition coefficient (Wildman–Crippen LogP) is 2.87. The fraction of sp³-hybridized carbons (Fsp3) is 0.308. The molecular formula is C13H15FO3. The van der Waals surface area contributed by atoms with E-state index >= 15 is 0 Å². The van der Waals surface area contributed by atoms with Gasteiger partial charge in [0.05, 0.1) is 0 Å². The van der Waals surface area contributed by atoms with Crippen LogP contribution in [0, 0.1) is 11.7 Å². The Balaban J connectivity index is 2.71. The lowest BCUT2D eigenvalue weighted by Gasteiger charge is -2.12. The Morgan fingerprint density at radius 2 is 2.12 bits per heavy atom. The Morgan fingerprint density at radius 1 is 1.47 bits per heavy atom. The smallest absolute Gasteiger partial charge is 0.328 e. The minimum atomic E-state index is -1.02. The first-order valence-corrected chi connectivity index (χ1v) is 5.31. The van der Waals surface area contributed by atoms with E-state index in [1.54, 1.807) is 12.1 Å². The molecule has 0 aromatic heterocycles. The van der Waals surface area contributed by atoms with Crippen molar-refractivity contribution in [3.05, 3.63) is 41.7 Å². The van der Waals surface area contributed by atoms with Crippen LogP contribution in [-0.4, -0.2) is 17.7 Å². The summed E-state index contributed by atoms with van der Waals surface area (Å²) in [7, 11) is 0. The Hall–Kier alpha value is -1.84. The van der Waals surface area contributed by atoms with Crippen LogP contribution in [0.5, 0.6) is 5.75 Å². The summed E-state index contributed by atoms with van der Waals surface area (Å²) in [4.78, 5) is 10.6. The first-order valence-electron chi connectivity index (χ1n) is 5.31. The third-order valence-electron chi connectivity index (χ3n) is 2.28. The lowest BCUT2D eigenvalue weighted by Crippen LogP contribution is -2.09. The highest BCUT2D eigenvalue weighted by atomic mass is 19.1. The monoisotopic (exact) mass is 238 g/mol. The van der Waals surface area contributed by atoms with Gasteiger partial charge in [0.25, 0.3) is 0 Å². The quantitative estimate of drug-likeness (QED) is 0.802. The van der Waals surface area contributed by atoms with E-state index in [0.717, 1.165) is 6.08 Å². The van der Waals surface area contributed by atoms with Crippen LogP contribution in [0.2, 0.25) is 0 Å². The van der Waals surface area contributed by atoms with Crippen LogP contribution < -0.4 is 4.74 Å². The van der Waals surface area contributed by atoms with Gasteiger partial charge in [0.1, 0.15) is 6.61 Å². The van der Waals surface area contributed by atoms with Crippen LogP contribution in [0.4, 0.5) is 4.39 Å². The summed E-state index contributed by atoms with van der Waals surface area (Å²) >= 11 is 0. The summed E-state index contributed by atoms with van der Waals surface area (Å²) in [6, 6.07) is 6.03. The number of halogens is 1. The van der Waals surface area contributed by atoms with Crippen molar-refractivity contribution in [1.29, 1.82) is 0 Å². The number of carboxylic acid groups (broad SMARTS) is 1. The average molecular weight is 238 g/mol. The van der Waals surface area contributed by atoms with Gasteiger partial charge in [0.2, 0.25) is 0 Å². The molecule has 0 radical (unpaired) electrons. The SMILES string of the molecule is CC(C)/C(=C\C(=O)O)COc1ccccc1F. The molecule has 0 atom stereocenters. The maximum atomic E-state index is 13.2. The minimum Gasteiger partial charge on any atom is -0.486 e. The first-order chi connectivity index (χ1) is 8.00. The molecule has 17 heavy (non-hydrogen) atoms. The molecule has 1 aromatic carbocycles. The molecule has 0 aliphatic carbocycles. The van der Waals surface area contributed by atoms with E-state index in [1.165, 1.54) is 12.1 Å². The molecule has 0 bridgehead atoms. The molecule has 0 fully saturated rings. The zero-order valence-corrected chi connectivity index (χ0v) is 9.81. The molecule has 0 aliphatic rings. The summed E-state index contributed by atoms with van der Waals surface area (Å²) in [5.74, 6) is -1.31. The zero-order valence-electron chi connectivity index (χ0n) is 9.81. The Bertz CT molecular complexity index is 424. The summed E-state index contributed by atoms with van der Waals surface area (Å²) < 4.78 is 18.5. The van der Waals surface area contributed by atoms with Crippen molar-refractivity contribution in [3.63, 3.8) is 0 Å². The number of carbonyl (C=O) groups is 1. The standard InChI is InChI=1S/C13H15FO3/c1-9(2)10(7-13(15)16)8-17-12-6-4-3-5-11(12)14/h3-7,9H,8H2,1-2H3,(H,15,16)/b10-7-. The van der Waals surface area contributed by atoms with Crippen molar-refractivity contribution in [2.24, 2.45) is 5.92 Å². The molecular weight excluding hydrogens is 223 g/mol. The molecule has 4 heteroatoms. The van der Waals surface area contributed by atoms with Crippen molar-refractivity contribution < 1.29 is 19.0 Å². The molecule has 0 spiro atoms. The van der Waals surface area contributed by atoms with Crippen LogP contribution in [0.25, 0.3) is 0 Å². The number of aliphatic carboxylic acids is 1. The van der Waals surface area contributed by atoms with E-state index in [0.29, 0.717) is 5.57 Å². The van der Waals surface area contributed by atoms with Crippen molar-refractivity contribution in [1.82, 2.24) is 0 Å². The van der Waals surface area contributed by atoms with Crippen molar-refractivity contribution in [2.45, 2.75) is 13.8 Å². The minimum absolute atomic E-state index is 0.0397. The number of ether oxygens (including phenoxy) is 1. The van der Waals surface area contributed by atoms with E-state index < -0.39 is 11.8 Å². The van der Waals surface area contributed by atoms with E-state index in [9.17, 15) is 9.18 Å². The van der Waals surface area contributed by atoms with E-state index in [1.807, 2.05) is 13.8 Å². The molecule has 1 aromatic rings. The Kier molecular flexibility index (Phi) is 4.69. The number of carboxylic acids is 1. The van der Waals surface area contributed by atoms with Crippen LogP contribution in [0.15, 0.2) is 35.9 Å². The van der Waals surface area contributed by atoms with Crippen LogP contribution in [-0.2, 0) is 4.79 Å². The fourth-order valence-electron chi connectivity index (χ4n) is 1.26. The summed E-state index contributed by atoms with van der Waals surface area (Å²) in [5, 5.41) is 8.68. The van der Waals surface area contributed by atoms with E-state index in [2.05, 4.69) is 0 Å². The van der Waals surface area contributed by atoms with Crippen molar-refractivity contribution in [2.75, 3.05) is 6.61 Å². The maximum Gasteiger partial charge on any atom is 0.328 e. The second-order valence-electron chi connectivity index (χ2n) is 3.93. The van der Waals surface area contributed by atoms with Gasteiger partial charge < -0.3 is 9.84 Å². The van der Waals surface area contributed by atoms with Gasteiger partial charge in [-0.25, -0.2) is 9.18 Å². The first kappa shape index (κ1) is 13.2. The third kappa shape index (κ3) is 4.26. The number of hydrogen-bond donors (Lipinski definition) is 1. The molecule has 3 nitrogen and oxygen atoms in total. The summed E-state index contributed by atoms with van der Waals surface area (Å²) in [6.07, 6.45) is 1.10. The van der Waals surface area contributed by atoms with Gasteiger partial charge in [0.15, 0.2) is 11.6 Å². The van der Waals surface area contributed by atoms with Crippen molar-refractivity contribution >= 4 is 5.97 Å². The normalized spacial score (nSPS) is 11.6. The predicted molar refractivity (Wildman–Crippen MR) is 62.5 cm³/mol. The molecule has 0 aliphatic heterocycles. The van der Waals surface area contributed by atoms with Gasteiger partial charge in [-0.05, 0) is 23.6 Å². The van der Waals surface area contributed by atoms with Gasteiger partial charge in [-0.1, -0.05) is 26.0 Å². The number of para-hydroxylation sites is 1. The topological polar surface area (TPSA) is 46.5 Å². The van der Waals surface area contributed by atoms with Gasteiger partial charge in [-0.3, -0.25) is 0 Å². The number of benzene rings is 1. The van der Waals surface area contributed by atoms with Crippen LogP contribution in [0.3, 0.4) is 0 Å². The lowest BCUT2D eigenvalue weighted by molar-refractivity contribution is -0.131. The van der Waals surface area contributed by atoms with Crippen LogP contribution >= 0.6 is 0 Å². The van der Waals surface area contributed by atoms with Gasteiger partial charge >= 0.3 is 5.97 Å². The Morgan fingerprint density at radius 3 is 2.65 bits per heavy atom. The fourth-order valence-corrected chi connectivity index (χ4v) is 1.26. The number of rotatable bonds is 5. The molecule has 92 valence electrons. The molecule has 0 saturated heterocycles. The molecule has 1 rings (SSSR count). The van der Waals surface area contributed by atoms with Gasteiger partial charge in [-0.15, -0.1) is 0 Å². The molecule has 0 amide bonds. The molecule has 1 N–H and O–H groups in total. The lowest BCUT2D eigenvalue weighted by atomic mass is 10.0. The summed E-state index contributed by atoms with van der Waals surface area (Å²) in [5.41, 5.74) is 0.612. The second-order valence-corrected chi connectivity index (χ2v) is 3.93. The molecule has 0 saturated carbocycles. The highest BCUT2D eigenvalue weighted by Gasteiger charge is 2.08. The number of hydrogen-bond acceptors (Lipinski definition) is 2. The van der Waals surface area contributed by atoms with Crippen LogP contribution in [0.1, 0.15) is 13.8 Å². The zero-order chi connectivity index (χ0) is 12.8. The van der Waals surface area contributed by atoms with Gasteiger partial charge in [-0.2, -0.15) is 0 Å². The highest BCUT2D eigenvalue weighted by Crippen LogP contribution is 2.18. The largest absolute Gasteiger partial charge is 0.486 e. The average Bonchev–Trinajstić information content (AvgIpc) is 2.25. The summed E-state index contributed by atoms with van der Waals surface area (Å²) in [6.45, 7) is 3.80. The van der Waals surface area contributed by atoms with Crippen molar-refractivity contribution in [3.8, 4) is 5.75 Å². The second kappa shape index (κ2) is 6.03. The van der Waals surface area contributed by atoms with E-state index in [4.69, 9.17) is 9.84 Å². The third-order valence-corrected chi connectivity index (χ3v) is 2.28. The van der Waals surface area contributed by atoms with E-state index in [-0.39, 0.29) is 18.3 Å². The molecule has 0 heterocycles. The Labute approximate surface area is 99.5 Å². The van der Waals surface area contributed by atoms with Gasteiger partial charge in [0, 0.05) is 6.08 Å². The maximum absolute atomic E-state index is 13.2. The molecule has 0 unspecified atom stereocenters.